The van der Waals surface area contributed by atoms with Gasteiger partial charge in [-0.3, -0.25) is 9.12 Å². The number of aromatic nitrogens is 4. The second-order valence-electron chi connectivity index (χ2n) is 7.39. The number of hydrogen-bond acceptors (Lipinski definition) is 8. The molecule has 34 heavy (non-hydrogen) atoms. The molecule has 172 valence electrons. The monoisotopic (exact) mass is 476 g/mol. The van der Waals surface area contributed by atoms with E-state index in [1.54, 1.807) is 40.9 Å². The number of aromatic hydroxyl groups is 1. The van der Waals surface area contributed by atoms with Crippen LogP contribution in [0.25, 0.3) is 28.5 Å². The third-order valence-electron chi connectivity index (χ3n) is 5.05. The molecule has 0 amide bonds. The quantitative estimate of drug-likeness (QED) is 0.202. The maximum atomic E-state index is 13.6. The van der Waals surface area contributed by atoms with Crippen LogP contribution in [-0.2, 0) is 0 Å². The average Bonchev–Trinajstić information content (AvgIpc) is 3.45. The molecule has 8 nitrogen and oxygen atoms in total. The summed E-state index contributed by atoms with van der Waals surface area (Å²) in [6.07, 6.45) is 5.81. The number of rotatable bonds is 9. The number of nitrogens with zero attached hydrogens (tertiary/aromatic N) is 4. The Hall–Kier alpha value is -3.89. The molecular weight excluding hydrogens is 455 g/mol. The molecule has 0 unspecified atom stereocenters. The Kier molecular flexibility index (Phi) is 6.41. The van der Waals surface area contributed by atoms with E-state index in [2.05, 4.69) is 37.1 Å². The topological polar surface area (TPSA) is 101 Å². The number of anilines is 1. The first-order chi connectivity index (χ1) is 16.7. The van der Waals surface area contributed by atoms with Gasteiger partial charge in [0.2, 0.25) is 5.95 Å². The zero-order chi connectivity index (χ0) is 23.3. The van der Waals surface area contributed by atoms with Gasteiger partial charge in [-0.15, -0.1) is 0 Å². The van der Waals surface area contributed by atoms with Crippen LogP contribution in [0, 0.1) is 5.82 Å². The predicted molar refractivity (Wildman–Crippen MR) is 129 cm³/mol. The van der Waals surface area contributed by atoms with Gasteiger partial charge >= 0.3 is 5.84 Å². The number of fused-ring (bicyclic) bond motifs is 1. The first kappa shape index (κ1) is 21.9. The van der Waals surface area contributed by atoms with Crippen LogP contribution in [-0.4, -0.2) is 37.5 Å². The van der Waals surface area contributed by atoms with Crippen LogP contribution >= 0.6 is 11.9 Å². The van der Waals surface area contributed by atoms with Crippen molar-refractivity contribution >= 4 is 23.7 Å². The lowest BCUT2D eigenvalue weighted by Crippen LogP contribution is -2.12. The van der Waals surface area contributed by atoms with E-state index in [9.17, 15) is 9.50 Å². The second kappa shape index (κ2) is 9.94. The standard InChI is InChI=1S/C24H21FN6O2S/c25-18-8-7-16(15-20(18)32)21-22(31-13-14-33-24(31)30-21)19-9-12-27-23(29-19)26-10-4-11-28-34-17-5-2-1-3-6-17/h1-3,5-9,12-15,28,32H,4,10-11H2,(H,26,27,29). The number of benzene rings is 2. The molecule has 0 saturated heterocycles. The highest BCUT2D eigenvalue weighted by atomic mass is 32.2. The Morgan fingerprint density at radius 1 is 1.06 bits per heavy atom. The molecule has 5 rings (SSSR count). The third kappa shape index (κ3) is 4.73. The molecule has 0 fully saturated rings. The van der Waals surface area contributed by atoms with Crippen molar-refractivity contribution in [3.05, 3.63) is 79.1 Å². The van der Waals surface area contributed by atoms with Gasteiger partial charge in [-0.1, -0.05) is 18.2 Å². The maximum Gasteiger partial charge on any atom is 0.306 e. The molecule has 3 heterocycles. The molecule has 0 radical (unpaired) electrons. The van der Waals surface area contributed by atoms with Gasteiger partial charge in [0.1, 0.15) is 17.7 Å². The molecular formula is C24H21FN6O2S. The van der Waals surface area contributed by atoms with E-state index in [-0.39, 0.29) is 0 Å². The largest absolute Gasteiger partial charge is 0.505 e. The Morgan fingerprint density at radius 2 is 1.94 bits per heavy atom. The third-order valence-corrected chi connectivity index (χ3v) is 5.91. The summed E-state index contributed by atoms with van der Waals surface area (Å²) in [4.78, 5) is 14.7. The summed E-state index contributed by atoms with van der Waals surface area (Å²) in [5.41, 5.74) is 2.33. The summed E-state index contributed by atoms with van der Waals surface area (Å²) < 4.78 is 24.1. The van der Waals surface area contributed by atoms with Crippen LogP contribution in [0.15, 0.2) is 82.6 Å². The SMILES string of the molecule is Oc1cc(-c2nc3occn3c2-c2ccnc(NCCCNSc3ccccc3)n2)ccc1F. The Morgan fingerprint density at radius 3 is 2.79 bits per heavy atom. The minimum absolute atomic E-state index is 0.365. The van der Waals surface area contributed by atoms with Crippen molar-refractivity contribution in [2.45, 2.75) is 11.3 Å². The average molecular weight is 477 g/mol. The molecule has 5 aromatic rings. The van der Waals surface area contributed by atoms with E-state index in [0.29, 0.717) is 41.0 Å². The van der Waals surface area contributed by atoms with Crippen LogP contribution in [0.3, 0.4) is 0 Å². The number of imidazole rings is 1. The fourth-order valence-electron chi connectivity index (χ4n) is 3.45. The fraction of sp³-hybridized carbons (Fsp3) is 0.125. The maximum absolute atomic E-state index is 13.6. The van der Waals surface area contributed by atoms with E-state index in [4.69, 9.17) is 4.42 Å². The Bertz CT molecular complexity index is 1410. The fourth-order valence-corrected chi connectivity index (χ4v) is 4.16. The van der Waals surface area contributed by atoms with E-state index >= 15 is 0 Å². The van der Waals surface area contributed by atoms with Crippen molar-refractivity contribution in [1.29, 1.82) is 0 Å². The molecule has 0 aliphatic rings. The van der Waals surface area contributed by atoms with Gasteiger partial charge in [0.05, 0.1) is 5.69 Å². The molecule has 2 aromatic carbocycles. The van der Waals surface area contributed by atoms with Gasteiger partial charge in [0, 0.05) is 35.9 Å². The molecule has 3 N–H and O–H groups in total. The van der Waals surface area contributed by atoms with Gasteiger partial charge in [-0.25, -0.2) is 14.4 Å². The van der Waals surface area contributed by atoms with Gasteiger partial charge in [-0.05, 0) is 54.8 Å². The predicted octanol–water partition coefficient (Wildman–Crippen LogP) is 4.99. The summed E-state index contributed by atoms with van der Waals surface area (Å²) in [5, 5.41) is 13.1. The smallest absolute Gasteiger partial charge is 0.306 e. The summed E-state index contributed by atoms with van der Waals surface area (Å²) in [6.45, 7) is 1.51. The van der Waals surface area contributed by atoms with Gasteiger partial charge in [0.15, 0.2) is 11.6 Å². The number of phenolic OH excluding ortho intramolecular Hbond substituents is 1. The molecule has 0 saturated carbocycles. The number of halogens is 1. The van der Waals surface area contributed by atoms with Crippen molar-refractivity contribution in [3.63, 3.8) is 0 Å². The van der Waals surface area contributed by atoms with Crippen molar-refractivity contribution in [3.8, 4) is 28.4 Å². The van der Waals surface area contributed by atoms with E-state index in [1.807, 2.05) is 18.2 Å². The van der Waals surface area contributed by atoms with Crippen molar-refractivity contribution in [1.82, 2.24) is 24.1 Å². The number of oxazole rings is 1. The normalized spacial score (nSPS) is 11.2. The minimum atomic E-state index is -0.696. The highest BCUT2D eigenvalue weighted by Gasteiger charge is 2.20. The van der Waals surface area contributed by atoms with Crippen molar-refractivity contribution in [2.75, 3.05) is 18.4 Å². The van der Waals surface area contributed by atoms with Crippen molar-refractivity contribution < 1.29 is 13.9 Å². The zero-order valence-electron chi connectivity index (χ0n) is 18.0. The van der Waals surface area contributed by atoms with E-state index < -0.39 is 11.6 Å². The van der Waals surface area contributed by atoms with E-state index in [0.717, 1.165) is 13.0 Å². The first-order valence-electron chi connectivity index (χ1n) is 10.7. The Labute approximate surface area is 199 Å². The number of nitrogens with one attached hydrogen (secondary N) is 2. The van der Waals surface area contributed by atoms with Gasteiger partial charge < -0.3 is 14.8 Å². The van der Waals surface area contributed by atoms with Crippen LogP contribution in [0.5, 0.6) is 5.75 Å². The highest BCUT2D eigenvalue weighted by Crippen LogP contribution is 2.34. The van der Waals surface area contributed by atoms with Crippen LogP contribution in [0.4, 0.5) is 10.3 Å². The molecule has 0 atom stereocenters. The first-order valence-corrected chi connectivity index (χ1v) is 11.5. The van der Waals surface area contributed by atoms with Gasteiger partial charge in [-0.2, -0.15) is 4.98 Å². The lowest BCUT2D eigenvalue weighted by Gasteiger charge is -2.08. The number of phenols is 1. The van der Waals surface area contributed by atoms with Crippen LogP contribution in [0.1, 0.15) is 6.42 Å². The highest BCUT2D eigenvalue weighted by molar-refractivity contribution is 7.97. The van der Waals surface area contributed by atoms with Crippen LogP contribution in [0.2, 0.25) is 0 Å². The molecule has 0 bridgehead atoms. The van der Waals surface area contributed by atoms with Gasteiger partial charge in [0.25, 0.3) is 0 Å². The second-order valence-corrected chi connectivity index (χ2v) is 8.35. The summed E-state index contributed by atoms with van der Waals surface area (Å²) in [7, 11) is 0. The molecule has 0 spiro atoms. The lowest BCUT2D eigenvalue weighted by molar-refractivity contribution is 0.432. The van der Waals surface area contributed by atoms with Crippen molar-refractivity contribution in [2.24, 2.45) is 0 Å². The summed E-state index contributed by atoms with van der Waals surface area (Å²) in [6, 6.07) is 16.0. The Balaban J connectivity index is 1.30. The molecule has 0 aliphatic carbocycles. The summed E-state index contributed by atoms with van der Waals surface area (Å²) in [5.74, 6) is -0.293. The molecule has 0 aliphatic heterocycles. The summed E-state index contributed by atoms with van der Waals surface area (Å²) >= 11 is 1.60. The zero-order valence-corrected chi connectivity index (χ0v) is 18.8. The molecule has 10 heteroatoms. The van der Waals surface area contributed by atoms with Crippen LogP contribution < -0.4 is 10.0 Å². The molecule has 3 aromatic heterocycles. The minimum Gasteiger partial charge on any atom is -0.505 e. The lowest BCUT2D eigenvalue weighted by atomic mass is 10.1. The van der Waals surface area contributed by atoms with E-state index in [1.165, 1.54) is 23.3 Å². The number of hydrogen-bond donors (Lipinski definition) is 3.